The van der Waals surface area contributed by atoms with Crippen molar-refractivity contribution in [2.24, 2.45) is 0 Å². The molecule has 0 aliphatic carbocycles. The molecule has 4 nitrogen and oxygen atoms in total. The van der Waals surface area contributed by atoms with E-state index >= 15 is 0 Å². The van der Waals surface area contributed by atoms with Gasteiger partial charge in [-0.3, -0.25) is 4.57 Å². The van der Waals surface area contributed by atoms with Crippen molar-refractivity contribution >= 4 is 25.5 Å². The minimum Gasteiger partial charge on any atom is -0.308 e. The Balaban J connectivity index is 3.12. The molecular formula is C13H18ClO4P. The molecule has 0 radical (unpaired) electrons. The summed E-state index contributed by atoms with van der Waals surface area (Å²) in [5, 5.41) is 0.580. The van der Waals surface area contributed by atoms with E-state index in [2.05, 4.69) is 0 Å². The quantitative estimate of drug-likeness (QED) is 0.532. The van der Waals surface area contributed by atoms with Gasteiger partial charge in [-0.1, -0.05) is 23.7 Å². The fraction of sp³-hybridized carbons (Fsp3) is 0.462. The molecule has 1 rings (SSSR count). The predicted molar refractivity (Wildman–Crippen MR) is 75.7 cm³/mol. The van der Waals surface area contributed by atoms with Gasteiger partial charge in [0.1, 0.15) is 6.29 Å². The predicted octanol–water partition coefficient (Wildman–Crippen LogP) is 4.24. The lowest BCUT2D eigenvalue weighted by Gasteiger charge is -2.25. The Bertz CT molecular complexity index is 436. The first-order chi connectivity index (χ1) is 9.07. The summed E-state index contributed by atoms with van der Waals surface area (Å²) < 4.78 is 23.4. The number of rotatable bonds is 8. The maximum absolute atomic E-state index is 12.8. The van der Waals surface area contributed by atoms with Gasteiger partial charge in [0.15, 0.2) is 0 Å². The Morgan fingerprint density at radius 3 is 2.16 bits per heavy atom. The van der Waals surface area contributed by atoms with E-state index in [1.54, 1.807) is 38.1 Å². The molecule has 1 atom stereocenters. The van der Waals surface area contributed by atoms with E-state index in [9.17, 15) is 9.36 Å². The maximum Gasteiger partial charge on any atom is 0.338 e. The highest BCUT2D eigenvalue weighted by Gasteiger charge is 2.36. The van der Waals surface area contributed by atoms with Crippen LogP contribution in [-0.2, 0) is 18.4 Å². The highest BCUT2D eigenvalue weighted by Crippen LogP contribution is 2.62. The van der Waals surface area contributed by atoms with Crippen LogP contribution in [0.25, 0.3) is 0 Å². The molecule has 0 saturated heterocycles. The summed E-state index contributed by atoms with van der Waals surface area (Å²) in [6.07, 6.45) is 0.808. The minimum atomic E-state index is -3.36. The van der Waals surface area contributed by atoms with Gasteiger partial charge >= 0.3 is 7.60 Å². The molecule has 106 valence electrons. The SMILES string of the molecule is CCOP(=O)(OCC)C(CC=O)c1ccc(Cl)cc1. The van der Waals surface area contributed by atoms with Crippen LogP contribution in [0.3, 0.4) is 0 Å². The van der Waals surface area contributed by atoms with Crippen molar-refractivity contribution in [3.05, 3.63) is 34.9 Å². The third-order valence-corrected chi connectivity index (χ3v) is 5.33. The van der Waals surface area contributed by atoms with Gasteiger partial charge in [0.05, 0.1) is 18.9 Å². The van der Waals surface area contributed by atoms with E-state index in [1.165, 1.54) is 0 Å². The lowest BCUT2D eigenvalue weighted by Crippen LogP contribution is -2.07. The molecule has 1 aromatic carbocycles. The van der Waals surface area contributed by atoms with E-state index in [1.807, 2.05) is 0 Å². The molecule has 0 bridgehead atoms. The normalized spacial score (nSPS) is 13.2. The topological polar surface area (TPSA) is 52.6 Å². The van der Waals surface area contributed by atoms with Crippen LogP contribution in [0.4, 0.5) is 0 Å². The highest BCUT2D eigenvalue weighted by molar-refractivity contribution is 7.54. The van der Waals surface area contributed by atoms with E-state index < -0.39 is 13.3 Å². The summed E-state index contributed by atoms with van der Waals surface area (Å²) in [7, 11) is -3.36. The van der Waals surface area contributed by atoms with Crippen LogP contribution in [-0.4, -0.2) is 19.5 Å². The number of halogens is 1. The summed E-state index contributed by atoms with van der Waals surface area (Å²) in [6, 6.07) is 6.86. The van der Waals surface area contributed by atoms with Crippen molar-refractivity contribution < 1.29 is 18.4 Å². The van der Waals surface area contributed by atoms with Crippen molar-refractivity contribution in [3.8, 4) is 0 Å². The smallest absolute Gasteiger partial charge is 0.308 e. The Labute approximate surface area is 118 Å². The Hall–Kier alpha value is -0.670. The lowest BCUT2D eigenvalue weighted by atomic mass is 10.1. The summed E-state index contributed by atoms with van der Waals surface area (Å²) in [5.41, 5.74) is 0.129. The van der Waals surface area contributed by atoms with Crippen LogP contribution < -0.4 is 0 Å². The fourth-order valence-corrected chi connectivity index (χ4v) is 3.96. The van der Waals surface area contributed by atoms with Gasteiger partial charge in [-0.25, -0.2) is 0 Å². The van der Waals surface area contributed by atoms with Crippen molar-refractivity contribution in [2.75, 3.05) is 13.2 Å². The van der Waals surface area contributed by atoms with E-state index in [0.29, 0.717) is 5.02 Å². The lowest BCUT2D eigenvalue weighted by molar-refractivity contribution is -0.108. The fourth-order valence-electron chi connectivity index (χ4n) is 1.80. The van der Waals surface area contributed by atoms with Crippen molar-refractivity contribution in [1.82, 2.24) is 0 Å². The number of hydrogen-bond donors (Lipinski definition) is 0. The minimum absolute atomic E-state index is 0.0823. The zero-order chi connectivity index (χ0) is 14.3. The average Bonchev–Trinajstić information content (AvgIpc) is 2.38. The number of carbonyl (C=O) groups excluding carboxylic acids is 1. The Morgan fingerprint density at radius 1 is 1.21 bits per heavy atom. The number of aldehydes is 1. The number of carbonyl (C=O) groups is 1. The highest BCUT2D eigenvalue weighted by atomic mass is 35.5. The molecule has 0 fully saturated rings. The summed E-state index contributed by atoms with van der Waals surface area (Å²) in [5.74, 6) is 0. The zero-order valence-corrected chi connectivity index (χ0v) is 12.7. The van der Waals surface area contributed by atoms with Crippen LogP contribution in [0.2, 0.25) is 5.02 Å². The standard InChI is InChI=1S/C13H18ClO4P/c1-3-17-19(16,18-4-2)13(9-10-15)11-5-7-12(14)8-6-11/h5-8,10,13H,3-4,9H2,1-2H3. The Kier molecular flexibility index (Phi) is 6.73. The van der Waals surface area contributed by atoms with Gasteiger partial charge in [0, 0.05) is 11.4 Å². The van der Waals surface area contributed by atoms with Crippen LogP contribution in [0, 0.1) is 0 Å². The molecule has 19 heavy (non-hydrogen) atoms. The van der Waals surface area contributed by atoms with Gasteiger partial charge in [-0.15, -0.1) is 0 Å². The molecule has 0 saturated carbocycles. The summed E-state index contributed by atoms with van der Waals surface area (Å²) in [6.45, 7) is 4.01. The van der Waals surface area contributed by atoms with Crippen LogP contribution in [0.5, 0.6) is 0 Å². The third-order valence-electron chi connectivity index (χ3n) is 2.57. The summed E-state index contributed by atoms with van der Waals surface area (Å²) >= 11 is 5.83. The van der Waals surface area contributed by atoms with Gasteiger partial charge in [-0.2, -0.15) is 0 Å². The van der Waals surface area contributed by atoms with Gasteiger partial charge in [-0.05, 0) is 31.5 Å². The molecule has 0 spiro atoms. The molecule has 1 unspecified atom stereocenters. The Morgan fingerprint density at radius 2 is 1.74 bits per heavy atom. The average molecular weight is 305 g/mol. The molecule has 0 aliphatic rings. The second kappa shape index (κ2) is 7.81. The number of hydrogen-bond acceptors (Lipinski definition) is 4. The largest absolute Gasteiger partial charge is 0.338 e. The van der Waals surface area contributed by atoms with Gasteiger partial charge in [0.2, 0.25) is 0 Å². The molecular weight excluding hydrogens is 287 g/mol. The molecule has 0 aliphatic heterocycles. The van der Waals surface area contributed by atoms with Crippen molar-refractivity contribution in [1.29, 1.82) is 0 Å². The van der Waals surface area contributed by atoms with Crippen LogP contribution in [0.15, 0.2) is 24.3 Å². The maximum atomic E-state index is 12.8. The monoisotopic (exact) mass is 304 g/mol. The van der Waals surface area contributed by atoms with Gasteiger partial charge in [0.25, 0.3) is 0 Å². The van der Waals surface area contributed by atoms with E-state index in [-0.39, 0.29) is 19.6 Å². The first-order valence-corrected chi connectivity index (χ1v) is 8.14. The third kappa shape index (κ3) is 4.43. The van der Waals surface area contributed by atoms with Crippen LogP contribution >= 0.6 is 19.2 Å². The summed E-state index contributed by atoms with van der Waals surface area (Å²) in [4.78, 5) is 10.9. The van der Waals surface area contributed by atoms with Gasteiger partial charge < -0.3 is 13.8 Å². The molecule has 1 aromatic rings. The molecule has 6 heteroatoms. The van der Waals surface area contributed by atoms with Crippen molar-refractivity contribution in [3.63, 3.8) is 0 Å². The van der Waals surface area contributed by atoms with Crippen molar-refractivity contribution in [2.45, 2.75) is 25.9 Å². The first kappa shape index (κ1) is 16.4. The second-order valence-corrected chi connectivity index (χ2v) is 6.50. The molecule has 0 heterocycles. The molecule has 0 N–H and O–H groups in total. The van der Waals surface area contributed by atoms with E-state index in [0.717, 1.165) is 11.8 Å². The van der Waals surface area contributed by atoms with Crippen LogP contribution in [0.1, 0.15) is 31.5 Å². The number of benzene rings is 1. The second-order valence-electron chi connectivity index (χ2n) is 3.85. The van der Waals surface area contributed by atoms with E-state index in [4.69, 9.17) is 20.6 Å². The molecule has 0 amide bonds. The zero-order valence-electron chi connectivity index (χ0n) is 11.0. The molecule has 0 aromatic heterocycles. The first-order valence-electron chi connectivity index (χ1n) is 6.15.